The fourth-order valence-electron chi connectivity index (χ4n) is 10.5. The molecule has 7 aromatic carbocycles. The van der Waals surface area contributed by atoms with Crippen LogP contribution in [0.2, 0.25) is 0 Å². The van der Waals surface area contributed by atoms with Crippen molar-refractivity contribution in [3.8, 4) is 0 Å². The summed E-state index contributed by atoms with van der Waals surface area (Å²) in [7, 11) is 0. The third-order valence-corrected chi connectivity index (χ3v) is 14.3. The Kier molecular flexibility index (Phi) is 13.5. The van der Waals surface area contributed by atoms with Crippen LogP contribution in [0.5, 0.6) is 0 Å². The monoisotopic (exact) mass is 1030 g/mol. The minimum Gasteiger partial charge on any atom is -0.480 e. The number of carboxylic acids is 2. The topological polar surface area (TPSA) is 175 Å². The normalized spacial score (nSPS) is 16.6. The zero-order valence-corrected chi connectivity index (χ0v) is 41.5. The molecule has 77 heavy (non-hydrogen) atoms. The van der Waals surface area contributed by atoms with Gasteiger partial charge in [-0.3, -0.25) is 14.7 Å². The van der Waals surface area contributed by atoms with Gasteiger partial charge in [0, 0.05) is 31.7 Å². The van der Waals surface area contributed by atoms with Gasteiger partial charge >= 0.3 is 36.1 Å². The summed E-state index contributed by atoms with van der Waals surface area (Å²) >= 11 is 0. The maximum atomic E-state index is 15.2. The van der Waals surface area contributed by atoms with Gasteiger partial charge in [-0.1, -0.05) is 146 Å². The molecule has 2 saturated heterocycles. The number of rotatable bonds is 7. The number of carbonyl (C=O) groups excluding carboxylic acids is 4. The first-order valence-electron chi connectivity index (χ1n) is 25.2. The van der Waals surface area contributed by atoms with Crippen LogP contribution in [0.25, 0.3) is 23.8 Å². The van der Waals surface area contributed by atoms with Crippen LogP contribution < -0.4 is 14.7 Å². The van der Waals surface area contributed by atoms with Gasteiger partial charge in [-0.25, -0.2) is 28.8 Å². The quantitative estimate of drug-likeness (QED) is 0.157. The van der Waals surface area contributed by atoms with Crippen molar-refractivity contribution in [2.45, 2.75) is 18.7 Å². The third kappa shape index (κ3) is 9.59. The number of piperazine rings is 2. The van der Waals surface area contributed by atoms with Crippen LogP contribution in [-0.4, -0.2) is 117 Å². The number of urea groups is 3. The molecule has 16 heteroatoms. The summed E-state index contributed by atoms with van der Waals surface area (Å²) in [5, 5.41) is 21.4. The first-order valence-corrected chi connectivity index (χ1v) is 25.2. The Balaban J connectivity index is 0.890. The highest BCUT2D eigenvalue weighted by Crippen LogP contribution is 2.44. The molecule has 16 nitrogen and oxygen atoms in total. The predicted molar refractivity (Wildman–Crippen MR) is 293 cm³/mol. The molecule has 2 fully saturated rings. The van der Waals surface area contributed by atoms with Crippen LogP contribution in [0.4, 0.5) is 53.3 Å². The summed E-state index contributed by atoms with van der Waals surface area (Å²) < 4.78 is 5.54. The number of hydrogen-bond acceptors (Lipinski definition) is 7. The van der Waals surface area contributed by atoms with E-state index in [1.165, 1.54) is 29.4 Å². The number of amides is 7. The highest BCUT2D eigenvalue weighted by atomic mass is 16.6. The van der Waals surface area contributed by atoms with Crippen LogP contribution in [0, 0.1) is 0 Å². The molecular weight excluding hydrogens is 975 g/mol. The van der Waals surface area contributed by atoms with Gasteiger partial charge < -0.3 is 34.5 Å². The molecule has 2 N–H and O–H groups in total. The number of carbonyl (C=O) groups is 6. The maximum Gasteiger partial charge on any atom is 0.410 e. The summed E-state index contributed by atoms with van der Waals surface area (Å²) in [5.74, 6) is -2.54. The molecule has 4 heterocycles. The average molecular weight is 1030 g/mol. The lowest BCUT2D eigenvalue weighted by Gasteiger charge is -2.42. The Morgan fingerprint density at radius 1 is 0.494 bits per heavy atom. The van der Waals surface area contributed by atoms with Crippen LogP contribution in [0.15, 0.2) is 182 Å². The lowest BCUT2D eigenvalue weighted by atomic mass is 9.94. The molecule has 0 radical (unpaired) electrons. The zero-order chi connectivity index (χ0) is 53.2. The van der Waals surface area contributed by atoms with Crippen molar-refractivity contribution < 1.29 is 43.7 Å². The highest BCUT2D eigenvalue weighted by molar-refractivity contribution is 6.11. The van der Waals surface area contributed by atoms with Gasteiger partial charge in [-0.05, 0) is 88.0 Å². The molecule has 0 aliphatic carbocycles. The Bertz CT molecular complexity index is 3460. The molecule has 384 valence electrons. The van der Waals surface area contributed by atoms with E-state index in [1.54, 1.807) is 59.5 Å². The highest BCUT2D eigenvalue weighted by Gasteiger charge is 2.43. The van der Waals surface area contributed by atoms with Gasteiger partial charge in [0.2, 0.25) is 0 Å². The van der Waals surface area contributed by atoms with Gasteiger partial charge in [-0.2, -0.15) is 0 Å². The second-order valence-electron chi connectivity index (χ2n) is 18.9. The fraction of sp³-hybridized carbons (Fsp3) is 0.148. The van der Waals surface area contributed by atoms with Crippen LogP contribution in [0.3, 0.4) is 0 Å². The number of ether oxygens (including phenoxy) is 1. The number of hydrogen-bond donors (Lipinski definition) is 2. The number of fused-ring (bicyclic) bond motifs is 4. The Hall–Kier alpha value is -9.96. The van der Waals surface area contributed by atoms with E-state index in [4.69, 9.17) is 4.74 Å². The summed E-state index contributed by atoms with van der Waals surface area (Å²) in [6, 6.07) is 50.6. The largest absolute Gasteiger partial charge is 0.480 e. The number of benzene rings is 7. The maximum absolute atomic E-state index is 15.2. The molecule has 7 amide bonds. The van der Waals surface area contributed by atoms with E-state index < -0.39 is 48.2 Å². The predicted octanol–water partition coefficient (Wildman–Crippen LogP) is 11.0. The first kappa shape index (κ1) is 49.3. The third-order valence-electron chi connectivity index (χ3n) is 14.3. The van der Waals surface area contributed by atoms with E-state index in [2.05, 4.69) is 0 Å². The smallest absolute Gasteiger partial charge is 0.410 e. The number of aliphatic carboxylic acids is 2. The molecule has 4 aliphatic rings. The van der Waals surface area contributed by atoms with Crippen molar-refractivity contribution in [3.05, 3.63) is 215 Å². The lowest BCUT2D eigenvalue weighted by molar-refractivity contribution is -0.144. The number of nitrogens with zero attached hydrogens (tertiary/aromatic N) is 7. The minimum atomic E-state index is -1.39. The van der Waals surface area contributed by atoms with Crippen molar-refractivity contribution >= 4 is 94.1 Å². The molecule has 0 saturated carbocycles. The minimum absolute atomic E-state index is 0.00881. The number of para-hydroxylation sites is 5. The van der Waals surface area contributed by atoms with Crippen LogP contribution >= 0.6 is 0 Å². The summed E-state index contributed by atoms with van der Waals surface area (Å²) in [6.07, 6.45) is 5.13. The summed E-state index contributed by atoms with van der Waals surface area (Å²) in [6.45, 7) is -0.658. The summed E-state index contributed by atoms with van der Waals surface area (Å²) in [5.41, 5.74) is 8.16. The second-order valence-corrected chi connectivity index (χ2v) is 18.9. The van der Waals surface area contributed by atoms with Crippen molar-refractivity contribution in [2.24, 2.45) is 0 Å². The van der Waals surface area contributed by atoms with E-state index in [9.17, 15) is 29.4 Å². The van der Waals surface area contributed by atoms with Gasteiger partial charge in [0.1, 0.15) is 18.7 Å². The summed E-state index contributed by atoms with van der Waals surface area (Å²) in [4.78, 5) is 94.7. The number of anilines is 6. The van der Waals surface area contributed by atoms with Gasteiger partial charge in [0.05, 0.1) is 47.2 Å². The molecule has 0 aromatic heterocycles. The van der Waals surface area contributed by atoms with E-state index in [0.29, 0.717) is 56.4 Å². The molecule has 0 spiro atoms. The Morgan fingerprint density at radius 3 is 1.58 bits per heavy atom. The molecule has 0 bridgehead atoms. The molecular formula is C61H51N7O9. The van der Waals surface area contributed by atoms with Gasteiger partial charge in [-0.15, -0.1) is 0 Å². The lowest BCUT2D eigenvalue weighted by Crippen LogP contribution is -2.62. The second kappa shape index (κ2) is 21.1. The van der Waals surface area contributed by atoms with Crippen molar-refractivity contribution in [3.63, 3.8) is 0 Å². The van der Waals surface area contributed by atoms with Crippen molar-refractivity contribution in [1.29, 1.82) is 0 Å². The Morgan fingerprint density at radius 2 is 0.974 bits per heavy atom. The van der Waals surface area contributed by atoms with Gasteiger partial charge in [0.25, 0.3) is 0 Å². The molecule has 7 aromatic rings. The van der Waals surface area contributed by atoms with Gasteiger partial charge in [0.15, 0.2) is 0 Å². The SMILES string of the molecule is O=C(O)[C@H]1CN(C(=O)N(c2ccccc2)c2cccc(C3=Cc4ccccc4N(C(=O)N4CCN(C(=O)OCc5ccccc5)C[C@H]4C(=O)O)c4ccccc43)c2)CCN1C(=O)N1c2ccccc2C=Cc2ccccc21. The number of carboxylic acid groups (broad SMARTS) is 2. The van der Waals surface area contributed by atoms with E-state index in [1.807, 2.05) is 146 Å². The Labute approximate surface area is 443 Å². The van der Waals surface area contributed by atoms with E-state index >= 15 is 9.59 Å². The standard InChI is InChI=1S/C61H51N7O9/c69-56(70)54-38-62(32-34-64(54)59(74)67-50-26-11-7-18-42(50)30-31-43-19-8-12-27-51(43)67)58(73)66(46-22-5-2-6-23-46)47-24-15-21-44(36-47)49-37-45-20-9-13-28-52(45)68(53-29-14-10-25-48(49)53)60(75)65-35-33-63(39-55(65)57(71)72)61(76)77-40-41-16-3-1-4-17-41/h1-31,36-37,54-55H,32-35,38-40H2,(H,69,70)(H,71,72)/t54-,55+/m1/s1. The van der Waals surface area contributed by atoms with Crippen molar-refractivity contribution in [1.82, 2.24) is 19.6 Å². The average Bonchev–Trinajstić information content (AvgIpc) is 3.77. The fourth-order valence-corrected chi connectivity index (χ4v) is 10.5. The van der Waals surface area contributed by atoms with E-state index in [-0.39, 0.29) is 45.9 Å². The van der Waals surface area contributed by atoms with Crippen LogP contribution in [0.1, 0.15) is 33.4 Å². The molecule has 11 rings (SSSR count). The van der Waals surface area contributed by atoms with E-state index in [0.717, 1.165) is 16.7 Å². The molecule has 4 aliphatic heterocycles. The first-order chi connectivity index (χ1) is 37.5. The molecule has 2 atom stereocenters. The zero-order valence-electron chi connectivity index (χ0n) is 41.5. The van der Waals surface area contributed by atoms with Crippen LogP contribution in [-0.2, 0) is 20.9 Å². The van der Waals surface area contributed by atoms with Crippen molar-refractivity contribution in [2.75, 3.05) is 54.0 Å². The molecule has 0 unspecified atom stereocenters.